The number of ether oxygens (including phenoxy) is 1. The van der Waals surface area contributed by atoms with Gasteiger partial charge < -0.3 is 9.64 Å². The van der Waals surface area contributed by atoms with Gasteiger partial charge in [-0.05, 0) is 37.9 Å². The van der Waals surface area contributed by atoms with E-state index >= 15 is 0 Å². The van der Waals surface area contributed by atoms with Crippen LogP contribution in [0.15, 0.2) is 24.3 Å². The second kappa shape index (κ2) is 5.74. The Morgan fingerprint density at radius 3 is 2.58 bits per heavy atom. The van der Waals surface area contributed by atoms with Crippen LogP contribution in [0.4, 0.5) is 0 Å². The van der Waals surface area contributed by atoms with Crippen molar-refractivity contribution in [2.75, 3.05) is 20.7 Å². The first-order chi connectivity index (χ1) is 9.07. The van der Waals surface area contributed by atoms with Crippen molar-refractivity contribution in [2.24, 2.45) is 5.41 Å². The quantitative estimate of drug-likeness (QED) is 0.763. The van der Waals surface area contributed by atoms with Gasteiger partial charge in [0, 0.05) is 13.1 Å². The number of aryl methyl sites for hydroxylation is 1. The number of carbonyl (C=O) groups is 1. The summed E-state index contributed by atoms with van der Waals surface area (Å²) in [5.74, 6) is -0.0459. The average molecular weight is 261 g/mol. The van der Waals surface area contributed by atoms with Gasteiger partial charge in [-0.15, -0.1) is 0 Å². The van der Waals surface area contributed by atoms with Gasteiger partial charge in [0.05, 0.1) is 12.5 Å². The summed E-state index contributed by atoms with van der Waals surface area (Å²) in [7, 11) is 3.57. The van der Waals surface area contributed by atoms with Crippen LogP contribution in [0.25, 0.3) is 0 Å². The highest BCUT2D eigenvalue weighted by molar-refractivity contribution is 5.78. The van der Waals surface area contributed by atoms with Crippen LogP contribution < -0.4 is 0 Å². The molecule has 1 aliphatic carbocycles. The van der Waals surface area contributed by atoms with Gasteiger partial charge in [-0.2, -0.15) is 0 Å². The first-order valence-electron chi connectivity index (χ1n) is 6.89. The van der Waals surface area contributed by atoms with Gasteiger partial charge in [0.15, 0.2) is 0 Å². The lowest BCUT2D eigenvalue weighted by atomic mass is 9.68. The zero-order chi connectivity index (χ0) is 13.9. The largest absolute Gasteiger partial charge is 0.469 e. The molecule has 1 aromatic rings. The van der Waals surface area contributed by atoms with Crippen molar-refractivity contribution in [3.8, 4) is 0 Å². The fourth-order valence-corrected chi connectivity index (χ4v) is 2.90. The SMILES string of the molecule is COC(=O)C1(CN(C)Cc2ccccc2C)CCC1. The molecule has 0 amide bonds. The lowest BCUT2D eigenvalue weighted by molar-refractivity contribution is -0.160. The van der Waals surface area contributed by atoms with E-state index in [2.05, 4.69) is 43.1 Å². The summed E-state index contributed by atoms with van der Waals surface area (Å²) in [4.78, 5) is 14.2. The van der Waals surface area contributed by atoms with E-state index in [4.69, 9.17) is 4.74 Å². The van der Waals surface area contributed by atoms with Crippen molar-refractivity contribution in [1.29, 1.82) is 0 Å². The minimum atomic E-state index is -0.258. The highest BCUT2D eigenvalue weighted by atomic mass is 16.5. The molecule has 19 heavy (non-hydrogen) atoms. The molecule has 1 aliphatic rings. The van der Waals surface area contributed by atoms with Gasteiger partial charge >= 0.3 is 5.97 Å². The van der Waals surface area contributed by atoms with Crippen LogP contribution in [-0.4, -0.2) is 31.6 Å². The summed E-state index contributed by atoms with van der Waals surface area (Å²) in [5.41, 5.74) is 2.37. The number of benzene rings is 1. The molecule has 0 aromatic heterocycles. The number of hydrogen-bond acceptors (Lipinski definition) is 3. The molecule has 0 atom stereocenters. The Hall–Kier alpha value is -1.35. The highest BCUT2D eigenvalue weighted by Gasteiger charge is 2.45. The Bertz CT molecular complexity index is 452. The van der Waals surface area contributed by atoms with Crippen LogP contribution in [0.5, 0.6) is 0 Å². The normalized spacial score (nSPS) is 17.1. The van der Waals surface area contributed by atoms with Crippen LogP contribution in [0.1, 0.15) is 30.4 Å². The van der Waals surface area contributed by atoms with Crippen molar-refractivity contribution < 1.29 is 9.53 Å². The van der Waals surface area contributed by atoms with Crippen molar-refractivity contribution in [1.82, 2.24) is 4.90 Å². The fraction of sp³-hybridized carbons (Fsp3) is 0.562. The topological polar surface area (TPSA) is 29.5 Å². The van der Waals surface area contributed by atoms with E-state index in [0.717, 1.165) is 32.4 Å². The number of esters is 1. The summed E-state index contributed by atoms with van der Waals surface area (Å²) in [5, 5.41) is 0. The Morgan fingerprint density at radius 2 is 2.05 bits per heavy atom. The van der Waals surface area contributed by atoms with E-state index < -0.39 is 0 Å². The van der Waals surface area contributed by atoms with E-state index in [1.807, 2.05) is 0 Å². The van der Waals surface area contributed by atoms with E-state index in [-0.39, 0.29) is 11.4 Å². The van der Waals surface area contributed by atoms with Crippen molar-refractivity contribution in [3.63, 3.8) is 0 Å². The van der Waals surface area contributed by atoms with Crippen LogP contribution >= 0.6 is 0 Å². The smallest absolute Gasteiger partial charge is 0.313 e. The third kappa shape index (κ3) is 2.98. The van der Waals surface area contributed by atoms with Crippen LogP contribution in [-0.2, 0) is 16.1 Å². The summed E-state index contributed by atoms with van der Waals surface area (Å²) >= 11 is 0. The molecule has 0 bridgehead atoms. The Kier molecular flexibility index (Phi) is 4.25. The minimum absolute atomic E-state index is 0.0459. The van der Waals surface area contributed by atoms with E-state index in [1.54, 1.807) is 0 Å². The summed E-state index contributed by atoms with van der Waals surface area (Å²) in [6.45, 7) is 3.79. The summed E-state index contributed by atoms with van der Waals surface area (Å²) < 4.78 is 4.97. The molecule has 0 N–H and O–H groups in total. The first kappa shape index (κ1) is 14.1. The maximum Gasteiger partial charge on any atom is 0.313 e. The number of rotatable bonds is 5. The van der Waals surface area contributed by atoms with E-state index in [1.165, 1.54) is 18.2 Å². The number of hydrogen-bond donors (Lipinski definition) is 0. The maximum atomic E-state index is 11.9. The Morgan fingerprint density at radius 1 is 1.37 bits per heavy atom. The zero-order valence-electron chi connectivity index (χ0n) is 12.1. The van der Waals surface area contributed by atoms with Gasteiger partial charge in [-0.25, -0.2) is 0 Å². The average Bonchev–Trinajstić information content (AvgIpc) is 2.36. The second-order valence-corrected chi connectivity index (χ2v) is 5.72. The van der Waals surface area contributed by atoms with Gasteiger partial charge in [0.1, 0.15) is 0 Å². The van der Waals surface area contributed by atoms with E-state index in [9.17, 15) is 4.79 Å². The molecule has 0 radical (unpaired) electrons. The molecule has 3 heteroatoms. The molecule has 3 nitrogen and oxygen atoms in total. The van der Waals surface area contributed by atoms with Crippen molar-refractivity contribution >= 4 is 5.97 Å². The van der Waals surface area contributed by atoms with Crippen molar-refractivity contribution in [3.05, 3.63) is 35.4 Å². The molecule has 0 spiro atoms. The molecule has 0 unspecified atom stereocenters. The molecule has 0 aliphatic heterocycles. The Labute approximate surface area is 115 Å². The fourth-order valence-electron chi connectivity index (χ4n) is 2.90. The maximum absolute atomic E-state index is 11.9. The molecular weight excluding hydrogens is 238 g/mol. The zero-order valence-corrected chi connectivity index (χ0v) is 12.1. The van der Waals surface area contributed by atoms with Gasteiger partial charge in [-0.3, -0.25) is 4.79 Å². The Balaban J connectivity index is 1.99. The monoisotopic (exact) mass is 261 g/mol. The molecule has 0 saturated heterocycles. The van der Waals surface area contributed by atoms with Gasteiger partial charge in [-0.1, -0.05) is 30.7 Å². The highest BCUT2D eigenvalue weighted by Crippen LogP contribution is 2.42. The molecule has 1 fully saturated rings. The summed E-state index contributed by atoms with van der Waals surface area (Å²) in [6.07, 6.45) is 3.04. The van der Waals surface area contributed by atoms with Crippen LogP contribution in [0.3, 0.4) is 0 Å². The second-order valence-electron chi connectivity index (χ2n) is 5.72. The lowest BCUT2D eigenvalue weighted by Crippen LogP contribution is -2.47. The molecule has 1 aromatic carbocycles. The third-order valence-corrected chi connectivity index (χ3v) is 4.20. The first-order valence-corrected chi connectivity index (χ1v) is 6.89. The van der Waals surface area contributed by atoms with E-state index in [0.29, 0.717) is 0 Å². The molecule has 1 saturated carbocycles. The van der Waals surface area contributed by atoms with Crippen LogP contribution in [0, 0.1) is 12.3 Å². The standard InChI is InChI=1S/C16H23NO2/c1-13-7-4-5-8-14(13)11-17(2)12-16(9-6-10-16)15(18)19-3/h4-5,7-8H,6,9-12H2,1-3H3. The van der Waals surface area contributed by atoms with Gasteiger partial charge in [0.2, 0.25) is 0 Å². The summed E-state index contributed by atoms with van der Waals surface area (Å²) in [6, 6.07) is 8.40. The van der Waals surface area contributed by atoms with Gasteiger partial charge in [0.25, 0.3) is 0 Å². The molecule has 104 valence electrons. The predicted molar refractivity (Wildman–Crippen MR) is 75.8 cm³/mol. The number of methoxy groups -OCH3 is 1. The predicted octanol–water partition coefficient (Wildman–Crippen LogP) is 2.77. The molecular formula is C16H23NO2. The number of carbonyl (C=O) groups excluding carboxylic acids is 1. The number of nitrogens with zero attached hydrogens (tertiary/aromatic N) is 1. The molecule has 2 rings (SSSR count). The third-order valence-electron chi connectivity index (χ3n) is 4.20. The van der Waals surface area contributed by atoms with Crippen molar-refractivity contribution in [2.45, 2.75) is 32.7 Å². The minimum Gasteiger partial charge on any atom is -0.469 e. The molecule has 0 heterocycles. The van der Waals surface area contributed by atoms with Crippen LogP contribution in [0.2, 0.25) is 0 Å². The lowest BCUT2D eigenvalue weighted by Gasteiger charge is -2.41.